The van der Waals surface area contributed by atoms with E-state index in [0.717, 1.165) is 51.0 Å². The van der Waals surface area contributed by atoms with Crippen LogP contribution in [0.2, 0.25) is 0 Å². The van der Waals surface area contributed by atoms with Crippen molar-refractivity contribution in [3.8, 4) is 0 Å². The van der Waals surface area contributed by atoms with Crippen LogP contribution in [0.3, 0.4) is 0 Å². The molecule has 2 rings (SSSR count). The van der Waals surface area contributed by atoms with Gasteiger partial charge in [0.15, 0.2) is 0 Å². The number of rotatable bonds is 7. The monoisotopic (exact) mass is 281 g/mol. The molecule has 0 aromatic carbocycles. The molecule has 1 aliphatic heterocycles. The van der Waals surface area contributed by atoms with E-state index in [0.29, 0.717) is 5.82 Å². The quantitative estimate of drug-likeness (QED) is 0.832. The standard InChI is InChI=1S/C15H27N3O2/c1-5-9-14(10-8-11-16-14)13-17-12(18-20-13)15(6-2,7-3)19-4/h16H,5-11H2,1-4H3. The van der Waals surface area contributed by atoms with Gasteiger partial charge < -0.3 is 14.6 Å². The van der Waals surface area contributed by atoms with Gasteiger partial charge in [-0.3, -0.25) is 0 Å². The van der Waals surface area contributed by atoms with Gasteiger partial charge in [0.1, 0.15) is 5.60 Å². The Hall–Kier alpha value is -0.940. The summed E-state index contributed by atoms with van der Waals surface area (Å²) in [5.74, 6) is 1.42. The second kappa shape index (κ2) is 6.22. The van der Waals surface area contributed by atoms with E-state index in [1.165, 1.54) is 0 Å². The van der Waals surface area contributed by atoms with Crippen LogP contribution in [-0.2, 0) is 15.9 Å². The molecule has 0 bridgehead atoms. The van der Waals surface area contributed by atoms with Crippen molar-refractivity contribution in [3.05, 3.63) is 11.7 Å². The third-order valence-electron chi connectivity index (χ3n) is 4.70. The summed E-state index contributed by atoms with van der Waals surface area (Å²) in [6.07, 6.45) is 6.05. The number of aromatic nitrogens is 2. The summed E-state index contributed by atoms with van der Waals surface area (Å²) in [5, 5.41) is 7.79. The Morgan fingerprint density at radius 1 is 1.35 bits per heavy atom. The highest BCUT2D eigenvalue weighted by molar-refractivity contribution is 5.10. The SMILES string of the molecule is CCCC1(c2nc(C(CC)(CC)OC)no2)CCCN1. The molecular formula is C15H27N3O2. The number of hydrogen-bond donors (Lipinski definition) is 1. The zero-order chi connectivity index (χ0) is 14.6. The van der Waals surface area contributed by atoms with E-state index in [9.17, 15) is 0 Å². The number of hydrogen-bond acceptors (Lipinski definition) is 5. The Labute approximate surface area is 121 Å². The molecule has 0 radical (unpaired) electrons. The summed E-state index contributed by atoms with van der Waals surface area (Å²) >= 11 is 0. The van der Waals surface area contributed by atoms with Gasteiger partial charge in [0, 0.05) is 7.11 Å². The number of nitrogens with one attached hydrogen (secondary N) is 1. The van der Waals surface area contributed by atoms with E-state index in [2.05, 4.69) is 31.2 Å². The first-order valence-corrected chi connectivity index (χ1v) is 7.81. The van der Waals surface area contributed by atoms with Crippen LogP contribution in [0, 0.1) is 0 Å². The van der Waals surface area contributed by atoms with Crippen LogP contribution >= 0.6 is 0 Å². The molecule has 5 heteroatoms. The summed E-state index contributed by atoms with van der Waals surface area (Å²) in [6.45, 7) is 7.41. The van der Waals surface area contributed by atoms with Crippen molar-refractivity contribution in [2.45, 2.75) is 70.4 Å². The Kier molecular flexibility index (Phi) is 4.81. The zero-order valence-corrected chi connectivity index (χ0v) is 13.2. The minimum Gasteiger partial charge on any atom is -0.370 e. The average Bonchev–Trinajstić information content (AvgIpc) is 3.12. The first-order valence-electron chi connectivity index (χ1n) is 7.81. The summed E-state index contributed by atoms with van der Waals surface area (Å²) in [6, 6.07) is 0. The molecule has 0 amide bonds. The summed E-state index contributed by atoms with van der Waals surface area (Å²) in [4.78, 5) is 4.70. The molecule has 0 saturated carbocycles. The van der Waals surface area contributed by atoms with Gasteiger partial charge in [-0.15, -0.1) is 0 Å². The molecule has 1 aliphatic rings. The maximum atomic E-state index is 5.69. The molecule has 1 aromatic rings. The van der Waals surface area contributed by atoms with Crippen LogP contribution in [0.1, 0.15) is 71.0 Å². The highest BCUT2D eigenvalue weighted by atomic mass is 16.5. The Morgan fingerprint density at radius 3 is 2.60 bits per heavy atom. The van der Waals surface area contributed by atoms with Gasteiger partial charge in [-0.1, -0.05) is 32.3 Å². The maximum absolute atomic E-state index is 5.69. The number of nitrogens with zero attached hydrogens (tertiary/aromatic N) is 2. The summed E-state index contributed by atoms with van der Waals surface area (Å²) in [7, 11) is 1.72. The van der Waals surface area contributed by atoms with Gasteiger partial charge in [0.05, 0.1) is 5.54 Å². The van der Waals surface area contributed by atoms with Crippen molar-refractivity contribution in [3.63, 3.8) is 0 Å². The fourth-order valence-electron chi connectivity index (χ4n) is 3.28. The predicted molar refractivity (Wildman–Crippen MR) is 77.4 cm³/mol. The molecule has 1 saturated heterocycles. The molecule has 20 heavy (non-hydrogen) atoms. The van der Waals surface area contributed by atoms with Gasteiger partial charge in [-0.25, -0.2) is 0 Å². The van der Waals surface area contributed by atoms with E-state index >= 15 is 0 Å². The lowest BCUT2D eigenvalue weighted by atomic mass is 9.91. The Balaban J connectivity index is 2.32. The van der Waals surface area contributed by atoms with E-state index in [4.69, 9.17) is 14.2 Å². The van der Waals surface area contributed by atoms with Crippen molar-refractivity contribution < 1.29 is 9.26 Å². The lowest BCUT2D eigenvalue weighted by molar-refractivity contribution is -0.0306. The van der Waals surface area contributed by atoms with E-state index < -0.39 is 5.60 Å². The molecule has 1 N–H and O–H groups in total. The van der Waals surface area contributed by atoms with E-state index in [1.54, 1.807) is 7.11 Å². The lowest BCUT2D eigenvalue weighted by Crippen LogP contribution is -2.37. The van der Waals surface area contributed by atoms with Crippen molar-refractivity contribution in [2.24, 2.45) is 0 Å². The van der Waals surface area contributed by atoms with Gasteiger partial charge >= 0.3 is 0 Å². The molecular weight excluding hydrogens is 254 g/mol. The fraction of sp³-hybridized carbons (Fsp3) is 0.867. The maximum Gasteiger partial charge on any atom is 0.247 e. The molecule has 2 heterocycles. The lowest BCUT2D eigenvalue weighted by Gasteiger charge is -2.27. The largest absolute Gasteiger partial charge is 0.370 e. The first-order chi connectivity index (χ1) is 9.66. The Bertz CT molecular complexity index is 412. The van der Waals surface area contributed by atoms with Crippen LogP contribution in [0.15, 0.2) is 4.52 Å². The molecule has 0 spiro atoms. The highest BCUT2D eigenvalue weighted by Crippen LogP contribution is 2.37. The van der Waals surface area contributed by atoms with Crippen LogP contribution in [-0.4, -0.2) is 23.8 Å². The van der Waals surface area contributed by atoms with Crippen LogP contribution < -0.4 is 5.32 Å². The zero-order valence-electron chi connectivity index (χ0n) is 13.2. The fourth-order valence-corrected chi connectivity index (χ4v) is 3.28. The van der Waals surface area contributed by atoms with Crippen molar-refractivity contribution in [1.29, 1.82) is 0 Å². The molecule has 0 aliphatic carbocycles. The summed E-state index contributed by atoms with van der Waals surface area (Å²) < 4.78 is 11.3. The smallest absolute Gasteiger partial charge is 0.247 e. The van der Waals surface area contributed by atoms with Crippen LogP contribution in [0.25, 0.3) is 0 Å². The minimum absolute atomic E-state index is 0.124. The van der Waals surface area contributed by atoms with Crippen molar-refractivity contribution in [1.82, 2.24) is 15.5 Å². The minimum atomic E-state index is -0.423. The molecule has 1 unspecified atom stereocenters. The van der Waals surface area contributed by atoms with Gasteiger partial charge in [-0.2, -0.15) is 4.98 Å². The third kappa shape index (κ3) is 2.49. The van der Waals surface area contributed by atoms with Crippen molar-refractivity contribution >= 4 is 0 Å². The Morgan fingerprint density at radius 2 is 2.10 bits per heavy atom. The molecule has 114 valence electrons. The van der Waals surface area contributed by atoms with Crippen LogP contribution in [0.5, 0.6) is 0 Å². The first kappa shape index (κ1) is 15.4. The summed E-state index contributed by atoms with van der Waals surface area (Å²) in [5.41, 5.74) is -0.547. The molecule has 1 aromatic heterocycles. The molecule has 1 fully saturated rings. The van der Waals surface area contributed by atoms with Crippen molar-refractivity contribution in [2.75, 3.05) is 13.7 Å². The topological polar surface area (TPSA) is 60.2 Å². The average molecular weight is 281 g/mol. The van der Waals surface area contributed by atoms with Gasteiger partial charge in [0.25, 0.3) is 0 Å². The van der Waals surface area contributed by atoms with E-state index in [-0.39, 0.29) is 5.54 Å². The molecule has 1 atom stereocenters. The number of ether oxygens (including phenoxy) is 1. The number of methoxy groups -OCH3 is 1. The highest BCUT2D eigenvalue weighted by Gasteiger charge is 2.42. The van der Waals surface area contributed by atoms with Gasteiger partial charge in [0.2, 0.25) is 11.7 Å². The van der Waals surface area contributed by atoms with Crippen LogP contribution in [0.4, 0.5) is 0 Å². The predicted octanol–water partition coefficient (Wildman–Crippen LogP) is 3.11. The second-order valence-electron chi connectivity index (χ2n) is 5.69. The molecule has 5 nitrogen and oxygen atoms in total. The third-order valence-corrected chi connectivity index (χ3v) is 4.70. The van der Waals surface area contributed by atoms with E-state index in [1.807, 2.05) is 0 Å². The van der Waals surface area contributed by atoms with Gasteiger partial charge in [-0.05, 0) is 38.6 Å². The normalized spacial score (nSPS) is 23.4. The second-order valence-corrected chi connectivity index (χ2v) is 5.69.